The Kier molecular flexibility index (Phi) is 5.85. The Hall–Kier alpha value is -0.240. The summed E-state index contributed by atoms with van der Waals surface area (Å²) in [6.45, 7) is 7.72. The Morgan fingerprint density at radius 2 is 0.704 bits per heavy atom. The molecule has 6 unspecified atom stereocenters. The smallest absolute Gasteiger partial charge is 0.0238 e. The van der Waals surface area contributed by atoms with E-state index in [9.17, 15) is 0 Å². The van der Waals surface area contributed by atoms with Crippen molar-refractivity contribution in [3.05, 3.63) is 0 Å². The van der Waals surface area contributed by atoms with E-state index >= 15 is 0 Å². The maximum atomic E-state index is 2.50. The predicted molar refractivity (Wildman–Crippen MR) is 112 cm³/mol. The van der Waals surface area contributed by atoms with Crippen LogP contribution in [0.15, 0.2) is 0 Å². The SMILES string of the molecule is CN1CC2CC(C1)N2C.CN1CC2CC(C1)N2C.CN1CC2CC1CN2C. The van der Waals surface area contributed by atoms with Crippen LogP contribution in [0.25, 0.3) is 0 Å². The van der Waals surface area contributed by atoms with E-state index in [-0.39, 0.29) is 0 Å². The fourth-order valence-electron chi connectivity index (χ4n) is 6.08. The van der Waals surface area contributed by atoms with Crippen LogP contribution >= 0.6 is 0 Å². The standard InChI is InChI=1S/3C7H14N2/c1-8-4-7-3-6(8)5-9(7)2;2*1-8-4-6-3-7(5-8)9(6)2/h3*6-7H,3-5H2,1-2H3. The highest BCUT2D eigenvalue weighted by Crippen LogP contribution is 2.30. The van der Waals surface area contributed by atoms with Crippen LogP contribution in [0.5, 0.6) is 0 Å². The number of nitrogens with zero attached hydrogens (tertiary/aromatic N) is 6. The molecule has 6 heteroatoms. The quantitative estimate of drug-likeness (QED) is 0.587. The molecule has 156 valence electrons. The topological polar surface area (TPSA) is 19.4 Å². The minimum atomic E-state index is 0.875. The molecule has 0 aromatic carbocycles. The highest BCUT2D eigenvalue weighted by Gasteiger charge is 2.41. The van der Waals surface area contributed by atoms with Gasteiger partial charge in [-0.1, -0.05) is 0 Å². The maximum absolute atomic E-state index is 2.50. The van der Waals surface area contributed by atoms with Crippen LogP contribution in [0.1, 0.15) is 19.3 Å². The van der Waals surface area contributed by atoms with Crippen molar-refractivity contribution in [1.82, 2.24) is 29.4 Å². The van der Waals surface area contributed by atoms with Gasteiger partial charge in [-0.2, -0.15) is 0 Å². The molecule has 8 heterocycles. The van der Waals surface area contributed by atoms with Gasteiger partial charge in [0, 0.05) is 75.5 Å². The first kappa shape index (κ1) is 20.0. The normalized spacial score (nSPS) is 44.7. The first-order chi connectivity index (χ1) is 12.8. The van der Waals surface area contributed by atoms with E-state index in [1.807, 2.05) is 0 Å². The van der Waals surface area contributed by atoms with Gasteiger partial charge < -0.3 is 19.6 Å². The second kappa shape index (κ2) is 7.88. The van der Waals surface area contributed by atoms with Gasteiger partial charge in [-0.15, -0.1) is 0 Å². The summed E-state index contributed by atoms with van der Waals surface area (Å²) in [6.07, 6.45) is 4.30. The fourth-order valence-corrected chi connectivity index (χ4v) is 6.08. The van der Waals surface area contributed by atoms with Gasteiger partial charge in [0.2, 0.25) is 0 Å². The molecule has 8 aliphatic rings. The minimum Gasteiger partial charge on any atom is -0.303 e. The van der Waals surface area contributed by atoms with Crippen molar-refractivity contribution in [2.24, 2.45) is 0 Å². The van der Waals surface area contributed by atoms with Gasteiger partial charge in [-0.05, 0) is 61.5 Å². The summed E-state index contributed by atoms with van der Waals surface area (Å²) in [7, 11) is 13.4. The molecule has 0 spiro atoms. The molecule has 8 saturated heterocycles. The average Bonchev–Trinajstić information content (AvgIpc) is 3.20. The van der Waals surface area contributed by atoms with Crippen molar-refractivity contribution in [2.75, 3.05) is 81.6 Å². The van der Waals surface area contributed by atoms with Gasteiger partial charge in [0.25, 0.3) is 0 Å². The number of hydrogen-bond donors (Lipinski definition) is 0. The third-order valence-corrected chi connectivity index (χ3v) is 8.27. The monoisotopic (exact) mass is 378 g/mol. The minimum absolute atomic E-state index is 0.875. The van der Waals surface area contributed by atoms with Gasteiger partial charge in [-0.25, -0.2) is 0 Å². The predicted octanol–water partition coefficient (Wildman–Crippen LogP) is 0.0135. The van der Waals surface area contributed by atoms with E-state index in [2.05, 4.69) is 71.7 Å². The molecule has 8 rings (SSSR count). The molecule has 0 aromatic rings. The van der Waals surface area contributed by atoms with Gasteiger partial charge in [0.05, 0.1) is 0 Å². The molecule has 0 aromatic heterocycles. The number of hydrogen-bond acceptors (Lipinski definition) is 6. The number of piperidine rings is 2. The molecule has 27 heavy (non-hydrogen) atoms. The lowest BCUT2D eigenvalue weighted by atomic mass is 9.89. The maximum Gasteiger partial charge on any atom is 0.0238 e. The summed E-state index contributed by atoms with van der Waals surface area (Å²) in [6, 6.07) is 5.28. The Balaban J connectivity index is 0.0000001000. The second-order valence-electron chi connectivity index (χ2n) is 10.3. The largest absolute Gasteiger partial charge is 0.303 e. The van der Waals surface area contributed by atoms with Crippen LogP contribution in [0.3, 0.4) is 0 Å². The zero-order chi connectivity index (χ0) is 19.3. The first-order valence-electron chi connectivity index (χ1n) is 11.0. The van der Waals surface area contributed by atoms with Crippen LogP contribution in [0.2, 0.25) is 0 Å². The zero-order valence-electron chi connectivity index (χ0n) is 18.5. The Labute approximate surface area is 167 Å². The Bertz CT molecular complexity index is 443. The van der Waals surface area contributed by atoms with E-state index in [1.165, 1.54) is 58.5 Å². The number of fused-ring (bicyclic) bond motifs is 6. The number of rotatable bonds is 0. The Morgan fingerprint density at radius 3 is 0.889 bits per heavy atom. The van der Waals surface area contributed by atoms with Crippen LogP contribution in [-0.4, -0.2) is 147 Å². The van der Waals surface area contributed by atoms with E-state index < -0.39 is 0 Å². The van der Waals surface area contributed by atoms with Gasteiger partial charge >= 0.3 is 0 Å². The number of likely N-dealkylation sites (N-methyl/N-ethyl adjacent to an activating group) is 6. The lowest BCUT2D eigenvalue weighted by Crippen LogP contribution is -2.66. The van der Waals surface area contributed by atoms with Crippen molar-refractivity contribution in [3.8, 4) is 0 Å². The summed E-state index contributed by atoms with van der Waals surface area (Å²) < 4.78 is 0. The summed E-state index contributed by atoms with van der Waals surface area (Å²) in [5, 5.41) is 0. The van der Waals surface area contributed by atoms with Crippen molar-refractivity contribution in [1.29, 1.82) is 0 Å². The molecular weight excluding hydrogens is 336 g/mol. The molecule has 6 nitrogen and oxygen atoms in total. The van der Waals surface area contributed by atoms with Crippen molar-refractivity contribution in [2.45, 2.75) is 55.5 Å². The highest BCUT2D eigenvalue weighted by atomic mass is 15.3. The highest BCUT2D eigenvalue weighted by molar-refractivity contribution is 4.99. The molecule has 0 radical (unpaired) electrons. The van der Waals surface area contributed by atoms with Crippen LogP contribution in [0, 0.1) is 0 Å². The molecule has 6 bridgehead atoms. The number of piperazine rings is 3. The summed E-state index contributed by atoms with van der Waals surface area (Å²) in [5.74, 6) is 0. The van der Waals surface area contributed by atoms with E-state index in [0.717, 1.165) is 36.3 Å². The number of likely N-dealkylation sites (tertiary alicyclic amines) is 2. The van der Waals surface area contributed by atoms with E-state index in [1.54, 1.807) is 0 Å². The average molecular weight is 379 g/mol. The van der Waals surface area contributed by atoms with Crippen molar-refractivity contribution in [3.63, 3.8) is 0 Å². The van der Waals surface area contributed by atoms with Crippen molar-refractivity contribution >= 4 is 0 Å². The molecule has 0 saturated carbocycles. The zero-order valence-corrected chi connectivity index (χ0v) is 18.5. The molecule has 8 fully saturated rings. The summed E-state index contributed by atoms with van der Waals surface area (Å²) in [5.41, 5.74) is 0. The van der Waals surface area contributed by atoms with Gasteiger partial charge in [-0.3, -0.25) is 9.80 Å². The molecule has 0 aliphatic carbocycles. The fraction of sp³-hybridized carbons (Fsp3) is 1.00. The third kappa shape index (κ3) is 4.07. The Morgan fingerprint density at radius 1 is 0.407 bits per heavy atom. The molecular formula is C21H42N6. The van der Waals surface area contributed by atoms with Gasteiger partial charge in [0.1, 0.15) is 0 Å². The van der Waals surface area contributed by atoms with Gasteiger partial charge in [0.15, 0.2) is 0 Å². The van der Waals surface area contributed by atoms with Crippen molar-refractivity contribution < 1.29 is 0 Å². The third-order valence-electron chi connectivity index (χ3n) is 8.27. The van der Waals surface area contributed by atoms with E-state index in [4.69, 9.17) is 0 Å². The lowest BCUT2D eigenvalue weighted by molar-refractivity contribution is -0.0408. The first-order valence-corrected chi connectivity index (χ1v) is 11.0. The molecule has 0 amide bonds. The van der Waals surface area contributed by atoms with Crippen LogP contribution < -0.4 is 0 Å². The second-order valence-corrected chi connectivity index (χ2v) is 10.3. The lowest BCUT2D eigenvalue weighted by Gasteiger charge is -2.54. The van der Waals surface area contributed by atoms with Crippen LogP contribution in [0.4, 0.5) is 0 Å². The van der Waals surface area contributed by atoms with E-state index in [0.29, 0.717) is 0 Å². The summed E-state index contributed by atoms with van der Waals surface area (Å²) >= 11 is 0. The summed E-state index contributed by atoms with van der Waals surface area (Å²) in [4.78, 5) is 14.8. The van der Waals surface area contributed by atoms with Crippen LogP contribution in [-0.2, 0) is 0 Å². The molecule has 6 atom stereocenters. The molecule has 8 aliphatic heterocycles. The molecule has 0 N–H and O–H groups in total.